The van der Waals surface area contributed by atoms with Gasteiger partial charge in [0.2, 0.25) is 12.7 Å². The summed E-state index contributed by atoms with van der Waals surface area (Å²) in [6.45, 7) is 0.142. The van der Waals surface area contributed by atoms with E-state index in [1.54, 1.807) is 66.7 Å². The zero-order valence-corrected chi connectivity index (χ0v) is 18.5. The van der Waals surface area contributed by atoms with E-state index in [9.17, 15) is 9.59 Å². The molecule has 3 aromatic carbocycles. The van der Waals surface area contributed by atoms with Gasteiger partial charge in [0.25, 0.3) is 0 Å². The van der Waals surface area contributed by atoms with Crippen molar-refractivity contribution < 1.29 is 33.3 Å². The fourth-order valence-electron chi connectivity index (χ4n) is 3.32. The van der Waals surface area contributed by atoms with Gasteiger partial charge in [-0.05, 0) is 66.2 Å². The van der Waals surface area contributed by atoms with Crippen molar-refractivity contribution in [3.63, 3.8) is 0 Å². The van der Waals surface area contributed by atoms with Crippen molar-refractivity contribution in [3.8, 4) is 23.0 Å². The number of fused-ring (bicyclic) bond motifs is 1. The quantitative estimate of drug-likeness (QED) is 0.300. The number of methoxy groups -OCH3 is 1. The zero-order chi connectivity index (χ0) is 23.7. The van der Waals surface area contributed by atoms with Crippen LogP contribution in [0.1, 0.15) is 21.5 Å². The molecule has 3 aromatic rings. The number of hydrogen-bond donors (Lipinski definition) is 0. The van der Waals surface area contributed by atoms with Gasteiger partial charge in [0.1, 0.15) is 0 Å². The fraction of sp³-hybridized carbons (Fsp3) is 0.0800. The van der Waals surface area contributed by atoms with Crippen LogP contribution >= 0.6 is 11.6 Å². The number of ether oxygens (including phenoxy) is 5. The van der Waals surface area contributed by atoms with E-state index in [4.69, 9.17) is 35.3 Å². The molecule has 0 fully saturated rings. The molecule has 170 valence electrons. The number of cyclic esters (lactones) is 1. The molecule has 0 saturated heterocycles. The number of rotatable bonds is 5. The monoisotopic (exact) mass is 477 g/mol. The topological polar surface area (TPSA) is 92.7 Å². The highest BCUT2D eigenvalue weighted by Crippen LogP contribution is 2.34. The van der Waals surface area contributed by atoms with Crippen LogP contribution in [0.15, 0.2) is 71.4 Å². The van der Waals surface area contributed by atoms with Crippen molar-refractivity contribution in [1.29, 1.82) is 0 Å². The number of carbonyl (C=O) groups is 2. The Morgan fingerprint density at radius 3 is 2.59 bits per heavy atom. The molecule has 5 rings (SSSR count). The highest BCUT2D eigenvalue weighted by atomic mass is 35.5. The van der Waals surface area contributed by atoms with E-state index in [1.807, 2.05) is 0 Å². The Labute approximate surface area is 198 Å². The molecule has 0 bridgehead atoms. The van der Waals surface area contributed by atoms with Crippen molar-refractivity contribution in [2.45, 2.75) is 0 Å². The average molecular weight is 478 g/mol. The Bertz CT molecular complexity index is 1360. The second-order valence-electron chi connectivity index (χ2n) is 7.21. The SMILES string of the molecule is COc1cc(/C=C2/N=C(c3ccc4c(c3)OCO4)OC2=O)ccc1OC(=O)c1ccc(Cl)cc1. The fourth-order valence-corrected chi connectivity index (χ4v) is 3.45. The molecule has 9 heteroatoms. The van der Waals surface area contributed by atoms with Crippen molar-refractivity contribution in [1.82, 2.24) is 0 Å². The van der Waals surface area contributed by atoms with Crippen LogP contribution in [0.3, 0.4) is 0 Å². The van der Waals surface area contributed by atoms with Gasteiger partial charge in [0.15, 0.2) is 28.7 Å². The third-order valence-electron chi connectivity index (χ3n) is 5.01. The second kappa shape index (κ2) is 8.92. The van der Waals surface area contributed by atoms with Crippen LogP contribution in [-0.4, -0.2) is 31.7 Å². The van der Waals surface area contributed by atoms with E-state index < -0.39 is 11.9 Å². The summed E-state index contributed by atoms with van der Waals surface area (Å²) in [5, 5.41) is 0.515. The molecule has 0 aromatic heterocycles. The summed E-state index contributed by atoms with van der Waals surface area (Å²) < 4.78 is 26.8. The first-order chi connectivity index (χ1) is 16.5. The lowest BCUT2D eigenvalue weighted by molar-refractivity contribution is -0.129. The maximum atomic E-state index is 12.4. The van der Waals surface area contributed by atoms with E-state index in [-0.39, 0.29) is 24.1 Å². The van der Waals surface area contributed by atoms with Crippen LogP contribution in [0.2, 0.25) is 5.02 Å². The van der Waals surface area contributed by atoms with Gasteiger partial charge < -0.3 is 23.7 Å². The normalized spacial score (nSPS) is 15.2. The predicted molar refractivity (Wildman–Crippen MR) is 123 cm³/mol. The van der Waals surface area contributed by atoms with Gasteiger partial charge in [-0.25, -0.2) is 14.6 Å². The van der Waals surface area contributed by atoms with Crippen LogP contribution in [0, 0.1) is 0 Å². The molecule has 2 heterocycles. The van der Waals surface area contributed by atoms with E-state index in [1.165, 1.54) is 7.11 Å². The molecule has 0 amide bonds. The number of nitrogens with zero attached hydrogens (tertiary/aromatic N) is 1. The molecule has 2 aliphatic rings. The van der Waals surface area contributed by atoms with Gasteiger partial charge in [-0.15, -0.1) is 0 Å². The number of hydrogen-bond acceptors (Lipinski definition) is 8. The molecule has 0 radical (unpaired) electrons. The Balaban J connectivity index is 1.37. The Hall–Kier alpha value is -4.30. The Morgan fingerprint density at radius 2 is 1.79 bits per heavy atom. The first-order valence-corrected chi connectivity index (χ1v) is 10.5. The molecule has 8 nitrogen and oxygen atoms in total. The molecule has 0 aliphatic carbocycles. The van der Waals surface area contributed by atoms with Crippen molar-refractivity contribution in [2.75, 3.05) is 13.9 Å². The maximum Gasteiger partial charge on any atom is 0.363 e. The van der Waals surface area contributed by atoms with Crippen LogP contribution in [0.5, 0.6) is 23.0 Å². The summed E-state index contributed by atoms with van der Waals surface area (Å²) in [4.78, 5) is 29.1. The lowest BCUT2D eigenvalue weighted by Gasteiger charge is -2.10. The second-order valence-corrected chi connectivity index (χ2v) is 7.65. The zero-order valence-electron chi connectivity index (χ0n) is 17.7. The summed E-state index contributed by atoms with van der Waals surface area (Å²) in [7, 11) is 1.45. The lowest BCUT2D eigenvalue weighted by atomic mass is 10.1. The van der Waals surface area contributed by atoms with E-state index in [0.717, 1.165) is 0 Å². The standard InChI is InChI=1S/C25H16ClNO7/c1-30-21-11-14(2-8-20(21)33-24(28)15-3-6-17(26)7-4-15)10-18-25(29)34-23(27-18)16-5-9-19-22(12-16)32-13-31-19/h2-12H,13H2,1H3/b18-10+. The molecule has 0 atom stereocenters. The van der Waals surface area contributed by atoms with Gasteiger partial charge in [-0.1, -0.05) is 17.7 Å². The van der Waals surface area contributed by atoms with Gasteiger partial charge in [-0.2, -0.15) is 0 Å². The Morgan fingerprint density at radius 1 is 1.00 bits per heavy atom. The highest BCUT2D eigenvalue weighted by molar-refractivity contribution is 6.30. The van der Waals surface area contributed by atoms with Crippen molar-refractivity contribution >= 4 is 35.5 Å². The molecular weight excluding hydrogens is 462 g/mol. The van der Waals surface area contributed by atoms with Crippen LogP contribution < -0.4 is 18.9 Å². The minimum Gasteiger partial charge on any atom is -0.493 e. The predicted octanol–water partition coefficient (Wildman–Crippen LogP) is 4.64. The number of aliphatic imine (C=N–C) groups is 1. The third kappa shape index (κ3) is 4.31. The molecule has 2 aliphatic heterocycles. The summed E-state index contributed by atoms with van der Waals surface area (Å²) in [5.41, 5.74) is 1.64. The highest BCUT2D eigenvalue weighted by Gasteiger charge is 2.26. The maximum absolute atomic E-state index is 12.4. The van der Waals surface area contributed by atoms with Gasteiger partial charge >= 0.3 is 11.9 Å². The largest absolute Gasteiger partial charge is 0.493 e. The van der Waals surface area contributed by atoms with Gasteiger partial charge in [0, 0.05) is 10.6 Å². The first-order valence-electron chi connectivity index (χ1n) is 10.1. The number of benzene rings is 3. The van der Waals surface area contributed by atoms with Crippen LogP contribution in [0.4, 0.5) is 0 Å². The Kier molecular flexibility index (Phi) is 5.65. The van der Waals surface area contributed by atoms with Crippen molar-refractivity contribution in [2.24, 2.45) is 4.99 Å². The molecule has 0 saturated carbocycles. The van der Waals surface area contributed by atoms with Gasteiger partial charge in [-0.3, -0.25) is 0 Å². The minimum absolute atomic E-state index is 0.112. The minimum atomic E-state index is -0.593. The average Bonchev–Trinajstić information content (AvgIpc) is 3.46. The molecular formula is C25H16ClNO7. The first kappa shape index (κ1) is 21.5. The van der Waals surface area contributed by atoms with E-state index in [0.29, 0.717) is 39.0 Å². The van der Waals surface area contributed by atoms with E-state index >= 15 is 0 Å². The summed E-state index contributed by atoms with van der Waals surface area (Å²) in [6, 6.07) is 16.4. The number of halogens is 1. The number of esters is 2. The summed E-state index contributed by atoms with van der Waals surface area (Å²) in [5.74, 6) is 0.722. The molecule has 0 unspecified atom stereocenters. The number of carbonyl (C=O) groups excluding carboxylic acids is 2. The van der Waals surface area contributed by atoms with E-state index in [2.05, 4.69) is 4.99 Å². The summed E-state index contributed by atoms with van der Waals surface area (Å²) >= 11 is 5.86. The van der Waals surface area contributed by atoms with Gasteiger partial charge in [0.05, 0.1) is 12.7 Å². The van der Waals surface area contributed by atoms with Crippen LogP contribution in [0.25, 0.3) is 6.08 Å². The van der Waals surface area contributed by atoms with Crippen LogP contribution in [-0.2, 0) is 9.53 Å². The summed E-state index contributed by atoms with van der Waals surface area (Å²) in [6.07, 6.45) is 1.55. The molecule has 34 heavy (non-hydrogen) atoms. The smallest absolute Gasteiger partial charge is 0.363 e. The lowest BCUT2D eigenvalue weighted by Crippen LogP contribution is -2.09. The molecule has 0 spiro atoms. The third-order valence-corrected chi connectivity index (χ3v) is 5.27. The van der Waals surface area contributed by atoms with Crippen molar-refractivity contribution in [3.05, 3.63) is 88.1 Å². The molecule has 0 N–H and O–H groups in total.